The molecule has 0 unspecified atom stereocenters. The minimum Gasteiger partial charge on any atom is -0.496 e. The number of carbonyl (C=O) groups excluding carboxylic acids is 1. The number of nitrogens with zero attached hydrogens (tertiary/aromatic N) is 1. The molecule has 0 aromatic heterocycles. The van der Waals surface area contributed by atoms with Crippen LogP contribution < -0.4 is 10.1 Å². The summed E-state index contributed by atoms with van der Waals surface area (Å²) >= 11 is 0. The summed E-state index contributed by atoms with van der Waals surface area (Å²) in [4.78, 5) is 14.4. The van der Waals surface area contributed by atoms with Crippen molar-refractivity contribution in [2.45, 2.75) is 13.8 Å². The quantitative estimate of drug-likeness (QED) is 0.859. The standard InChI is InChI=1S/C14H20N2O2/c1-10-8-11(2)13(12(9-10)18-3)14(17)16-6-4-15-5-7-16/h8-9,15H,4-7H2,1-3H3. The Bertz CT molecular complexity index is 451. The molecule has 18 heavy (non-hydrogen) atoms. The molecule has 2 rings (SSSR count). The van der Waals surface area contributed by atoms with E-state index in [0.29, 0.717) is 11.3 Å². The van der Waals surface area contributed by atoms with Crippen LogP contribution in [0.15, 0.2) is 12.1 Å². The zero-order valence-corrected chi connectivity index (χ0v) is 11.2. The van der Waals surface area contributed by atoms with E-state index in [0.717, 1.165) is 37.3 Å². The molecule has 0 saturated carbocycles. The average molecular weight is 248 g/mol. The zero-order valence-electron chi connectivity index (χ0n) is 11.2. The van der Waals surface area contributed by atoms with E-state index < -0.39 is 0 Å². The van der Waals surface area contributed by atoms with Gasteiger partial charge in [-0.1, -0.05) is 6.07 Å². The first-order chi connectivity index (χ1) is 8.63. The Morgan fingerprint density at radius 3 is 2.56 bits per heavy atom. The Labute approximate surface area is 108 Å². The third-order valence-corrected chi connectivity index (χ3v) is 3.28. The van der Waals surface area contributed by atoms with Gasteiger partial charge in [-0.25, -0.2) is 0 Å². The lowest BCUT2D eigenvalue weighted by Crippen LogP contribution is -2.46. The maximum Gasteiger partial charge on any atom is 0.257 e. The van der Waals surface area contributed by atoms with Gasteiger partial charge in [0.05, 0.1) is 12.7 Å². The van der Waals surface area contributed by atoms with Crippen LogP contribution in [0.25, 0.3) is 0 Å². The second-order valence-corrected chi connectivity index (χ2v) is 4.70. The number of ether oxygens (including phenoxy) is 1. The van der Waals surface area contributed by atoms with Gasteiger partial charge >= 0.3 is 0 Å². The largest absolute Gasteiger partial charge is 0.496 e. The lowest BCUT2D eigenvalue weighted by atomic mass is 10.0. The third-order valence-electron chi connectivity index (χ3n) is 3.28. The number of carbonyl (C=O) groups is 1. The molecule has 4 heteroatoms. The zero-order chi connectivity index (χ0) is 13.1. The number of methoxy groups -OCH3 is 1. The highest BCUT2D eigenvalue weighted by atomic mass is 16.5. The van der Waals surface area contributed by atoms with Gasteiger partial charge in [0, 0.05) is 26.2 Å². The van der Waals surface area contributed by atoms with E-state index in [1.165, 1.54) is 0 Å². The topological polar surface area (TPSA) is 41.6 Å². The molecule has 1 N–H and O–H groups in total. The smallest absolute Gasteiger partial charge is 0.257 e. The highest BCUT2D eigenvalue weighted by Gasteiger charge is 2.23. The molecule has 0 atom stereocenters. The number of rotatable bonds is 2. The second-order valence-electron chi connectivity index (χ2n) is 4.70. The fraction of sp³-hybridized carbons (Fsp3) is 0.500. The number of hydrogen-bond acceptors (Lipinski definition) is 3. The monoisotopic (exact) mass is 248 g/mol. The first kappa shape index (κ1) is 12.9. The highest BCUT2D eigenvalue weighted by Crippen LogP contribution is 2.25. The van der Waals surface area contributed by atoms with Gasteiger partial charge in [-0.15, -0.1) is 0 Å². The van der Waals surface area contributed by atoms with Crippen molar-refractivity contribution in [1.82, 2.24) is 10.2 Å². The Morgan fingerprint density at radius 1 is 1.28 bits per heavy atom. The van der Waals surface area contributed by atoms with Crippen LogP contribution in [-0.2, 0) is 0 Å². The van der Waals surface area contributed by atoms with Gasteiger partial charge in [0.1, 0.15) is 5.75 Å². The van der Waals surface area contributed by atoms with E-state index in [1.807, 2.05) is 30.9 Å². The molecule has 0 bridgehead atoms. The van der Waals surface area contributed by atoms with E-state index >= 15 is 0 Å². The molecule has 1 aliphatic rings. The fourth-order valence-corrected chi connectivity index (χ4v) is 2.39. The van der Waals surface area contributed by atoms with Crippen LogP contribution in [0.2, 0.25) is 0 Å². The summed E-state index contributed by atoms with van der Waals surface area (Å²) in [7, 11) is 1.61. The summed E-state index contributed by atoms with van der Waals surface area (Å²) in [6.45, 7) is 7.21. The van der Waals surface area contributed by atoms with Crippen molar-refractivity contribution in [3.8, 4) is 5.75 Å². The SMILES string of the molecule is COc1cc(C)cc(C)c1C(=O)N1CCNCC1. The molecular weight excluding hydrogens is 228 g/mol. The van der Waals surface area contributed by atoms with Crippen molar-refractivity contribution in [3.63, 3.8) is 0 Å². The molecule has 1 aromatic rings. The summed E-state index contributed by atoms with van der Waals surface area (Å²) in [5.74, 6) is 0.752. The molecule has 1 aliphatic heterocycles. The van der Waals surface area contributed by atoms with Crippen LogP contribution in [-0.4, -0.2) is 44.1 Å². The van der Waals surface area contributed by atoms with Gasteiger partial charge in [0.2, 0.25) is 0 Å². The molecule has 98 valence electrons. The number of nitrogens with one attached hydrogen (secondary N) is 1. The second kappa shape index (κ2) is 5.40. The van der Waals surface area contributed by atoms with Crippen LogP contribution in [0.3, 0.4) is 0 Å². The Kier molecular flexibility index (Phi) is 3.87. The first-order valence-electron chi connectivity index (χ1n) is 6.28. The predicted octanol–water partition coefficient (Wildman–Crippen LogP) is 1.36. The molecule has 1 saturated heterocycles. The van der Waals surface area contributed by atoms with Crippen molar-refractivity contribution in [3.05, 3.63) is 28.8 Å². The molecule has 0 spiro atoms. The van der Waals surface area contributed by atoms with Crippen molar-refractivity contribution < 1.29 is 9.53 Å². The van der Waals surface area contributed by atoms with Crippen LogP contribution in [0.5, 0.6) is 5.75 Å². The Balaban J connectivity index is 2.34. The molecule has 1 fully saturated rings. The van der Waals surface area contributed by atoms with Crippen LogP contribution in [0, 0.1) is 13.8 Å². The fourth-order valence-electron chi connectivity index (χ4n) is 2.39. The molecule has 4 nitrogen and oxygen atoms in total. The predicted molar refractivity (Wildman–Crippen MR) is 71.2 cm³/mol. The van der Waals surface area contributed by atoms with Gasteiger partial charge in [-0.05, 0) is 31.0 Å². The minimum atomic E-state index is 0.0749. The number of benzene rings is 1. The Hall–Kier alpha value is -1.55. The molecule has 1 heterocycles. The van der Waals surface area contributed by atoms with Crippen molar-refractivity contribution in [2.75, 3.05) is 33.3 Å². The lowest BCUT2D eigenvalue weighted by molar-refractivity contribution is 0.0731. The third kappa shape index (κ3) is 2.48. The summed E-state index contributed by atoms with van der Waals surface area (Å²) in [6.07, 6.45) is 0. The Morgan fingerprint density at radius 2 is 1.94 bits per heavy atom. The van der Waals surface area contributed by atoms with Crippen LogP contribution in [0.1, 0.15) is 21.5 Å². The van der Waals surface area contributed by atoms with Gasteiger partial charge < -0.3 is 15.0 Å². The van der Waals surface area contributed by atoms with Crippen molar-refractivity contribution in [1.29, 1.82) is 0 Å². The maximum absolute atomic E-state index is 12.5. The minimum absolute atomic E-state index is 0.0749. The number of amides is 1. The van der Waals surface area contributed by atoms with Crippen molar-refractivity contribution in [2.24, 2.45) is 0 Å². The van der Waals surface area contributed by atoms with Gasteiger partial charge in [-0.2, -0.15) is 0 Å². The van der Waals surface area contributed by atoms with E-state index in [2.05, 4.69) is 5.32 Å². The summed E-state index contributed by atoms with van der Waals surface area (Å²) in [6, 6.07) is 3.94. The molecular formula is C14H20N2O2. The lowest BCUT2D eigenvalue weighted by Gasteiger charge is -2.28. The highest BCUT2D eigenvalue weighted by molar-refractivity contribution is 5.98. The first-order valence-corrected chi connectivity index (χ1v) is 6.28. The normalized spacial score (nSPS) is 15.6. The van der Waals surface area contributed by atoms with Crippen LogP contribution in [0.4, 0.5) is 0 Å². The summed E-state index contributed by atoms with van der Waals surface area (Å²) < 4.78 is 5.36. The van der Waals surface area contributed by atoms with Gasteiger partial charge in [0.25, 0.3) is 5.91 Å². The average Bonchev–Trinajstić information content (AvgIpc) is 2.38. The molecule has 1 amide bonds. The molecule has 0 aliphatic carbocycles. The van der Waals surface area contributed by atoms with Crippen LogP contribution >= 0.6 is 0 Å². The van der Waals surface area contributed by atoms with Crippen molar-refractivity contribution >= 4 is 5.91 Å². The number of hydrogen-bond donors (Lipinski definition) is 1. The van der Waals surface area contributed by atoms with Gasteiger partial charge in [-0.3, -0.25) is 4.79 Å². The van der Waals surface area contributed by atoms with E-state index in [9.17, 15) is 4.79 Å². The van der Waals surface area contributed by atoms with E-state index in [4.69, 9.17) is 4.74 Å². The maximum atomic E-state index is 12.5. The number of aryl methyl sites for hydroxylation is 2. The summed E-state index contributed by atoms with van der Waals surface area (Å²) in [5.41, 5.74) is 2.79. The molecule has 1 aromatic carbocycles. The summed E-state index contributed by atoms with van der Waals surface area (Å²) in [5, 5.41) is 3.25. The molecule has 0 radical (unpaired) electrons. The number of piperazine rings is 1. The van der Waals surface area contributed by atoms with Gasteiger partial charge in [0.15, 0.2) is 0 Å². The van der Waals surface area contributed by atoms with E-state index in [1.54, 1.807) is 7.11 Å². The van der Waals surface area contributed by atoms with E-state index in [-0.39, 0.29) is 5.91 Å².